The van der Waals surface area contributed by atoms with E-state index in [1.165, 1.54) is 37.0 Å². The van der Waals surface area contributed by atoms with Crippen molar-refractivity contribution in [3.8, 4) is 0 Å². The molecule has 2 unspecified atom stereocenters. The topological polar surface area (TPSA) is 65.5 Å². The van der Waals surface area contributed by atoms with E-state index in [1.54, 1.807) is 12.1 Å². The molecular weight excluding hydrogens is 370 g/mol. The van der Waals surface area contributed by atoms with Crippen molar-refractivity contribution in [1.82, 2.24) is 9.88 Å². The highest BCUT2D eigenvalue weighted by atomic mass is 32.1. The van der Waals surface area contributed by atoms with Crippen molar-refractivity contribution < 1.29 is 0 Å². The third-order valence-electron chi connectivity index (χ3n) is 5.95. The Morgan fingerprint density at radius 1 is 1.29 bits per heavy atom. The molecule has 5 nitrogen and oxygen atoms in total. The summed E-state index contributed by atoms with van der Waals surface area (Å²) < 4.78 is 0.686. The number of pyridine rings is 1. The molecule has 0 saturated heterocycles. The molecule has 0 spiro atoms. The van der Waals surface area contributed by atoms with Crippen molar-refractivity contribution in [1.29, 1.82) is 0 Å². The number of nitroso groups, excluding NO2 is 1. The van der Waals surface area contributed by atoms with Gasteiger partial charge >= 0.3 is 0 Å². The highest BCUT2D eigenvalue weighted by Gasteiger charge is 2.22. The summed E-state index contributed by atoms with van der Waals surface area (Å²) in [6.07, 6.45) is 10.2. The van der Waals surface area contributed by atoms with Crippen LogP contribution in [0.5, 0.6) is 0 Å². The van der Waals surface area contributed by atoms with Crippen LogP contribution >= 0.6 is 11.3 Å². The lowest BCUT2D eigenvalue weighted by Gasteiger charge is -2.33. The average Bonchev–Trinajstić information content (AvgIpc) is 3.19. The zero-order valence-electron chi connectivity index (χ0n) is 16.3. The van der Waals surface area contributed by atoms with Crippen LogP contribution in [0.4, 0.5) is 5.69 Å². The van der Waals surface area contributed by atoms with Gasteiger partial charge in [-0.1, -0.05) is 25.0 Å². The predicted molar refractivity (Wildman–Crippen MR) is 118 cm³/mol. The van der Waals surface area contributed by atoms with Gasteiger partial charge in [0.1, 0.15) is 10.4 Å². The van der Waals surface area contributed by atoms with Gasteiger partial charge in [0, 0.05) is 27.9 Å². The number of rotatable bonds is 5. The number of thiophene rings is 1. The Kier molecular flexibility index (Phi) is 5.42. The van der Waals surface area contributed by atoms with Gasteiger partial charge in [0.25, 0.3) is 5.56 Å². The van der Waals surface area contributed by atoms with Gasteiger partial charge in [-0.05, 0) is 68.0 Å². The van der Waals surface area contributed by atoms with Crippen LogP contribution in [-0.2, 0) is 0 Å². The zero-order chi connectivity index (χ0) is 19.7. The summed E-state index contributed by atoms with van der Waals surface area (Å²) >= 11 is 1.42. The normalized spacial score (nSPS) is 20.5. The van der Waals surface area contributed by atoms with E-state index in [9.17, 15) is 9.70 Å². The van der Waals surface area contributed by atoms with Gasteiger partial charge in [0.2, 0.25) is 0 Å². The van der Waals surface area contributed by atoms with E-state index in [0.717, 1.165) is 28.3 Å². The van der Waals surface area contributed by atoms with Gasteiger partial charge in [-0.2, -0.15) is 0 Å². The molecule has 4 rings (SSSR count). The number of aromatic amines is 1. The fraction of sp³-hybridized carbons (Fsp3) is 0.409. The molecule has 0 bridgehead atoms. The second-order valence-corrected chi connectivity index (χ2v) is 8.83. The Labute approximate surface area is 168 Å². The summed E-state index contributed by atoms with van der Waals surface area (Å²) in [7, 11) is 4.32. The molecule has 2 aromatic heterocycles. The first kappa shape index (κ1) is 19.0. The Bertz CT molecular complexity index is 1100. The van der Waals surface area contributed by atoms with E-state index in [2.05, 4.69) is 35.2 Å². The molecule has 1 saturated carbocycles. The van der Waals surface area contributed by atoms with Crippen molar-refractivity contribution in [2.24, 2.45) is 11.1 Å². The first-order valence-electron chi connectivity index (χ1n) is 9.81. The lowest BCUT2D eigenvalue weighted by molar-refractivity contribution is 0.186. The van der Waals surface area contributed by atoms with Crippen LogP contribution in [0.15, 0.2) is 39.6 Å². The summed E-state index contributed by atoms with van der Waals surface area (Å²) in [6.45, 7) is 0. The number of aromatic nitrogens is 1. The van der Waals surface area contributed by atoms with Crippen molar-refractivity contribution in [3.05, 3.63) is 50.5 Å². The second kappa shape index (κ2) is 7.97. The SMILES string of the molecule is CN(C)C1CCCC(CC=Cc2c(N=O)ccc3[nH]c(=O)c4sccc4c23)C1. The highest BCUT2D eigenvalue weighted by molar-refractivity contribution is 7.17. The monoisotopic (exact) mass is 395 g/mol. The van der Waals surface area contributed by atoms with Crippen LogP contribution in [-0.4, -0.2) is 30.0 Å². The minimum atomic E-state index is -0.0869. The second-order valence-electron chi connectivity index (χ2n) is 7.92. The van der Waals surface area contributed by atoms with Crippen LogP contribution in [0.2, 0.25) is 0 Å². The fourth-order valence-corrected chi connectivity index (χ4v) is 5.23. The molecule has 1 aliphatic rings. The molecule has 146 valence electrons. The predicted octanol–water partition coefficient (Wildman–Crippen LogP) is 5.66. The maximum Gasteiger partial charge on any atom is 0.266 e. The smallest absolute Gasteiger partial charge is 0.266 e. The molecule has 3 aromatic rings. The number of nitrogens with one attached hydrogen (secondary N) is 1. The van der Waals surface area contributed by atoms with Crippen LogP contribution in [0, 0.1) is 10.8 Å². The molecule has 0 aliphatic heterocycles. The lowest BCUT2D eigenvalue weighted by atomic mass is 9.83. The molecule has 2 heterocycles. The summed E-state index contributed by atoms with van der Waals surface area (Å²) in [5.74, 6) is 0.668. The molecule has 28 heavy (non-hydrogen) atoms. The number of hydrogen-bond donors (Lipinski definition) is 1. The minimum absolute atomic E-state index is 0.0869. The van der Waals surface area contributed by atoms with Crippen molar-refractivity contribution >= 4 is 44.1 Å². The fourth-order valence-electron chi connectivity index (χ4n) is 4.44. The van der Waals surface area contributed by atoms with Gasteiger partial charge in [-0.3, -0.25) is 4.79 Å². The van der Waals surface area contributed by atoms with E-state index in [-0.39, 0.29) is 5.56 Å². The van der Waals surface area contributed by atoms with E-state index in [1.807, 2.05) is 17.5 Å². The molecule has 0 radical (unpaired) electrons. The number of nitrogens with zero attached hydrogens (tertiary/aromatic N) is 2. The van der Waals surface area contributed by atoms with Crippen LogP contribution in [0.25, 0.3) is 27.1 Å². The first-order valence-corrected chi connectivity index (χ1v) is 10.7. The number of fused-ring (bicyclic) bond motifs is 3. The standard InChI is InChI=1S/C22H25N3O2S/c1-25(2)15-7-3-5-14(13-15)6-4-8-16-18(24-27)9-10-19-20(16)17-11-12-28-21(17)22(26)23-19/h4,8-12,14-15H,3,5-7,13H2,1-2H3,(H,23,26). The largest absolute Gasteiger partial charge is 0.321 e. The Morgan fingerprint density at radius 3 is 2.93 bits per heavy atom. The number of allylic oxidation sites excluding steroid dienone is 1. The molecular formula is C22H25N3O2S. The van der Waals surface area contributed by atoms with E-state index in [4.69, 9.17) is 0 Å². The summed E-state index contributed by atoms with van der Waals surface area (Å²) in [5.41, 5.74) is 1.87. The lowest BCUT2D eigenvalue weighted by Crippen LogP contribution is -2.33. The summed E-state index contributed by atoms with van der Waals surface area (Å²) in [4.78, 5) is 29.0. The van der Waals surface area contributed by atoms with E-state index >= 15 is 0 Å². The molecule has 1 aliphatic carbocycles. The Hall–Kier alpha value is -2.31. The van der Waals surface area contributed by atoms with Gasteiger partial charge < -0.3 is 9.88 Å². The zero-order valence-corrected chi connectivity index (χ0v) is 17.1. The van der Waals surface area contributed by atoms with E-state index in [0.29, 0.717) is 22.3 Å². The Morgan fingerprint density at radius 2 is 2.14 bits per heavy atom. The summed E-state index contributed by atoms with van der Waals surface area (Å²) in [6, 6.07) is 6.07. The average molecular weight is 396 g/mol. The van der Waals surface area contributed by atoms with Crippen LogP contribution < -0.4 is 5.56 Å². The van der Waals surface area contributed by atoms with Gasteiger partial charge in [-0.15, -0.1) is 16.2 Å². The minimum Gasteiger partial charge on any atom is -0.321 e. The Balaban J connectivity index is 1.69. The van der Waals surface area contributed by atoms with E-state index < -0.39 is 0 Å². The van der Waals surface area contributed by atoms with Gasteiger partial charge in [-0.25, -0.2) is 0 Å². The number of H-pyrrole nitrogens is 1. The maximum absolute atomic E-state index is 12.3. The van der Waals surface area contributed by atoms with Crippen LogP contribution in [0.1, 0.15) is 37.7 Å². The molecule has 1 fully saturated rings. The molecule has 1 N–H and O–H groups in total. The first-order chi connectivity index (χ1) is 13.6. The third-order valence-corrected chi connectivity index (χ3v) is 6.86. The number of hydrogen-bond acceptors (Lipinski definition) is 5. The number of benzene rings is 1. The summed E-state index contributed by atoms with van der Waals surface area (Å²) in [5, 5.41) is 6.94. The van der Waals surface area contributed by atoms with Gasteiger partial charge in [0.15, 0.2) is 0 Å². The van der Waals surface area contributed by atoms with Crippen LogP contribution in [0.3, 0.4) is 0 Å². The highest BCUT2D eigenvalue weighted by Crippen LogP contribution is 2.35. The van der Waals surface area contributed by atoms with Gasteiger partial charge in [0.05, 0.1) is 0 Å². The molecule has 0 amide bonds. The third kappa shape index (κ3) is 3.54. The molecule has 2 atom stereocenters. The van der Waals surface area contributed by atoms with Crippen molar-refractivity contribution in [2.75, 3.05) is 14.1 Å². The molecule has 1 aromatic carbocycles. The quantitative estimate of drug-likeness (QED) is 0.567. The van der Waals surface area contributed by atoms with Crippen molar-refractivity contribution in [2.45, 2.75) is 38.1 Å². The van der Waals surface area contributed by atoms with Crippen molar-refractivity contribution in [3.63, 3.8) is 0 Å². The molecule has 6 heteroatoms. The maximum atomic E-state index is 12.3.